The van der Waals surface area contributed by atoms with Crippen molar-refractivity contribution < 1.29 is 0 Å². The van der Waals surface area contributed by atoms with Crippen molar-refractivity contribution in [2.24, 2.45) is 0 Å². The molecule has 1 aromatic carbocycles. The monoisotopic (exact) mass is 338 g/mol. The smallest absolute Gasteiger partial charge is 0.143 e. The third kappa shape index (κ3) is 3.77. The molecule has 0 amide bonds. The second-order valence-corrected chi connectivity index (χ2v) is 4.84. The molecule has 2 aromatic heterocycles. The molecule has 0 fully saturated rings. The van der Waals surface area contributed by atoms with Crippen LogP contribution in [-0.2, 0) is 0 Å². The van der Waals surface area contributed by atoms with Gasteiger partial charge in [-0.05, 0) is 31.6 Å². The molecule has 1 unspecified atom stereocenters. The van der Waals surface area contributed by atoms with E-state index < -0.39 is 0 Å². The predicted molar refractivity (Wildman–Crippen MR) is 95.1 cm³/mol. The van der Waals surface area contributed by atoms with Gasteiger partial charge in [-0.15, -0.1) is 24.8 Å². The topological polar surface area (TPSA) is 42.7 Å². The maximum atomic E-state index is 4.43. The minimum atomic E-state index is 0. The number of benzene rings is 1. The number of hydrogen-bond donors (Lipinski definition) is 1. The Morgan fingerprint density at radius 2 is 1.91 bits per heavy atom. The largest absolute Gasteiger partial charge is 0.325 e. The molecule has 0 saturated heterocycles. The lowest BCUT2D eigenvalue weighted by molar-refractivity contribution is 0.536. The van der Waals surface area contributed by atoms with E-state index in [1.54, 1.807) is 6.33 Å². The van der Waals surface area contributed by atoms with Crippen LogP contribution in [0.1, 0.15) is 18.0 Å². The molecule has 6 heteroatoms. The van der Waals surface area contributed by atoms with Gasteiger partial charge in [-0.3, -0.25) is 0 Å². The first kappa shape index (κ1) is 18.4. The number of fused-ring (bicyclic) bond motifs is 1. The number of nitrogens with one attached hydrogen (secondary N) is 1. The Balaban J connectivity index is 0.00000121. The number of halogens is 2. The molecule has 118 valence electrons. The third-order valence-corrected chi connectivity index (χ3v) is 3.57. The zero-order valence-electron chi connectivity index (χ0n) is 12.3. The second-order valence-electron chi connectivity index (χ2n) is 4.84. The van der Waals surface area contributed by atoms with E-state index in [-0.39, 0.29) is 30.9 Å². The van der Waals surface area contributed by atoms with Crippen molar-refractivity contribution in [3.8, 4) is 0 Å². The van der Waals surface area contributed by atoms with Crippen molar-refractivity contribution in [3.05, 3.63) is 60.7 Å². The Morgan fingerprint density at radius 1 is 1.14 bits per heavy atom. The zero-order chi connectivity index (χ0) is 13.8. The summed E-state index contributed by atoms with van der Waals surface area (Å²) < 4.78 is 2.24. The summed E-state index contributed by atoms with van der Waals surface area (Å²) in [5.41, 5.74) is 2.30. The van der Waals surface area contributed by atoms with E-state index in [2.05, 4.69) is 62.4 Å². The maximum Gasteiger partial charge on any atom is 0.143 e. The number of nitrogens with zero attached hydrogens (tertiary/aromatic N) is 3. The maximum absolute atomic E-state index is 4.43. The number of rotatable bonds is 5. The van der Waals surface area contributed by atoms with Gasteiger partial charge in [0, 0.05) is 17.8 Å². The van der Waals surface area contributed by atoms with E-state index in [1.807, 2.05) is 13.2 Å². The van der Waals surface area contributed by atoms with Crippen LogP contribution in [0.4, 0.5) is 0 Å². The molecule has 0 aliphatic rings. The lowest BCUT2D eigenvalue weighted by atomic mass is 10.0. The highest BCUT2D eigenvalue weighted by atomic mass is 35.5. The van der Waals surface area contributed by atoms with Gasteiger partial charge in [0.1, 0.15) is 12.0 Å². The normalized spacial score (nSPS) is 11.5. The van der Waals surface area contributed by atoms with Crippen LogP contribution in [-0.4, -0.2) is 28.1 Å². The summed E-state index contributed by atoms with van der Waals surface area (Å²) in [5, 5.41) is 4.31. The van der Waals surface area contributed by atoms with E-state index in [0.717, 1.165) is 24.0 Å². The van der Waals surface area contributed by atoms with Crippen LogP contribution in [0.15, 0.2) is 55.1 Å². The summed E-state index contributed by atoms with van der Waals surface area (Å²) >= 11 is 0. The summed E-state index contributed by atoms with van der Waals surface area (Å²) in [6.07, 6.45) is 6.60. The number of hydrogen-bond acceptors (Lipinski definition) is 3. The average molecular weight is 339 g/mol. The summed E-state index contributed by atoms with van der Waals surface area (Å²) in [6.45, 7) is 0.963. The van der Waals surface area contributed by atoms with E-state index in [1.165, 1.54) is 5.56 Å². The van der Waals surface area contributed by atoms with Crippen molar-refractivity contribution in [2.45, 2.75) is 12.5 Å². The molecule has 3 aromatic rings. The molecule has 0 aliphatic heterocycles. The van der Waals surface area contributed by atoms with Crippen molar-refractivity contribution in [3.63, 3.8) is 0 Å². The van der Waals surface area contributed by atoms with E-state index in [0.29, 0.717) is 0 Å². The minimum absolute atomic E-state index is 0. The Kier molecular flexibility index (Phi) is 7.32. The molecule has 0 saturated carbocycles. The van der Waals surface area contributed by atoms with E-state index in [4.69, 9.17) is 0 Å². The van der Waals surface area contributed by atoms with Crippen molar-refractivity contribution in [2.75, 3.05) is 13.6 Å². The Hall–Kier alpha value is -1.62. The second kappa shape index (κ2) is 8.73. The van der Waals surface area contributed by atoms with Crippen molar-refractivity contribution >= 4 is 35.8 Å². The van der Waals surface area contributed by atoms with Gasteiger partial charge in [0.15, 0.2) is 0 Å². The number of aromatic nitrogens is 3. The van der Waals surface area contributed by atoms with Gasteiger partial charge in [0.2, 0.25) is 0 Å². The van der Waals surface area contributed by atoms with E-state index in [9.17, 15) is 0 Å². The SMILES string of the molecule is CNCCC(c1ccccc1)n1ccc2cncnc21.Cl.Cl. The zero-order valence-corrected chi connectivity index (χ0v) is 14.0. The molecule has 22 heavy (non-hydrogen) atoms. The Bertz CT molecular complexity index is 685. The van der Waals surface area contributed by atoms with Gasteiger partial charge in [0.05, 0.1) is 6.04 Å². The molecule has 4 nitrogen and oxygen atoms in total. The van der Waals surface area contributed by atoms with Crippen LogP contribution in [0.5, 0.6) is 0 Å². The summed E-state index contributed by atoms with van der Waals surface area (Å²) in [7, 11) is 1.98. The van der Waals surface area contributed by atoms with Crippen LogP contribution < -0.4 is 5.32 Å². The molecular formula is C16H20Cl2N4. The van der Waals surface area contributed by atoms with Gasteiger partial charge < -0.3 is 9.88 Å². The molecule has 0 radical (unpaired) electrons. The average Bonchev–Trinajstić information content (AvgIpc) is 2.93. The van der Waals surface area contributed by atoms with Crippen LogP contribution >= 0.6 is 24.8 Å². The van der Waals surface area contributed by atoms with Crippen LogP contribution in [0, 0.1) is 0 Å². The summed E-state index contributed by atoms with van der Waals surface area (Å²) in [4.78, 5) is 8.51. The first-order valence-corrected chi connectivity index (χ1v) is 6.86. The van der Waals surface area contributed by atoms with Gasteiger partial charge >= 0.3 is 0 Å². The Labute approximate surface area is 142 Å². The highest BCUT2D eigenvalue weighted by Gasteiger charge is 2.15. The lowest BCUT2D eigenvalue weighted by Crippen LogP contribution is -2.17. The van der Waals surface area contributed by atoms with Crippen molar-refractivity contribution in [1.29, 1.82) is 0 Å². The standard InChI is InChI=1S/C16H18N4.2ClH/c1-17-9-7-15(13-5-3-2-4-6-13)20-10-8-14-11-18-12-19-16(14)20;;/h2-6,8,10-12,15,17H,7,9H2,1H3;2*1H. The van der Waals surface area contributed by atoms with Crippen molar-refractivity contribution in [1.82, 2.24) is 19.9 Å². The van der Waals surface area contributed by atoms with Gasteiger partial charge in [-0.25, -0.2) is 9.97 Å². The molecule has 1 atom stereocenters. The van der Waals surface area contributed by atoms with Crippen LogP contribution in [0.25, 0.3) is 11.0 Å². The van der Waals surface area contributed by atoms with Gasteiger partial charge in [0.25, 0.3) is 0 Å². The highest BCUT2D eigenvalue weighted by molar-refractivity contribution is 5.85. The Morgan fingerprint density at radius 3 is 2.64 bits per heavy atom. The molecular weight excluding hydrogens is 319 g/mol. The first-order chi connectivity index (χ1) is 9.90. The molecule has 0 bridgehead atoms. The molecule has 0 spiro atoms. The fraction of sp³-hybridized carbons (Fsp3) is 0.250. The summed E-state index contributed by atoms with van der Waals surface area (Å²) in [5.74, 6) is 0. The summed E-state index contributed by atoms with van der Waals surface area (Å²) in [6, 6.07) is 12.9. The van der Waals surface area contributed by atoms with Crippen LogP contribution in [0.3, 0.4) is 0 Å². The van der Waals surface area contributed by atoms with E-state index >= 15 is 0 Å². The molecule has 1 N–H and O–H groups in total. The fourth-order valence-corrected chi connectivity index (χ4v) is 2.57. The van der Waals surface area contributed by atoms with Crippen LogP contribution in [0.2, 0.25) is 0 Å². The molecule has 3 rings (SSSR count). The van der Waals surface area contributed by atoms with Gasteiger partial charge in [-0.2, -0.15) is 0 Å². The highest BCUT2D eigenvalue weighted by Crippen LogP contribution is 2.25. The molecule has 0 aliphatic carbocycles. The predicted octanol–water partition coefficient (Wildman–Crippen LogP) is 3.47. The lowest BCUT2D eigenvalue weighted by Gasteiger charge is -2.20. The fourth-order valence-electron chi connectivity index (χ4n) is 2.57. The third-order valence-electron chi connectivity index (χ3n) is 3.57. The van der Waals surface area contributed by atoms with Gasteiger partial charge in [-0.1, -0.05) is 30.3 Å². The first-order valence-electron chi connectivity index (χ1n) is 6.86. The molecule has 2 heterocycles. The quantitative estimate of drug-likeness (QED) is 0.774. The minimum Gasteiger partial charge on any atom is -0.325 e.